The van der Waals surface area contributed by atoms with E-state index in [-0.39, 0.29) is 9.79 Å². The summed E-state index contributed by atoms with van der Waals surface area (Å²) in [6.45, 7) is 3.58. The van der Waals surface area contributed by atoms with E-state index in [1.807, 2.05) is 6.92 Å². The van der Waals surface area contributed by atoms with Gasteiger partial charge in [-0.25, -0.2) is 16.8 Å². The lowest BCUT2D eigenvalue weighted by Gasteiger charge is -2.25. The molecule has 0 unspecified atom stereocenters. The van der Waals surface area contributed by atoms with E-state index in [0.29, 0.717) is 23.6 Å². The molecular weight excluding hydrogens is 568 g/mol. The maximum Gasteiger partial charge on any atom is 0.264 e. The topological polar surface area (TPSA) is 110 Å². The van der Waals surface area contributed by atoms with Crippen molar-refractivity contribution in [2.45, 2.75) is 29.7 Å². The number of amides is 1. The molecule has 3 aromatic carbocycles. The molecule has 0 aliphatic carbocycles. The molecule has 0 bridgehead atoms. The number of carbonyl (C=O) groups excluding carboxylic acids is 1. The molecule has 192 valence electrons. The first kappa shape index (κ1) is 27.7. The van der Waals surface area contributed by atoms with Crippen LogP contribution < -0.4 is 14.4 Å². The molecule has 0 aliphatic heterocycles. The average molecular weight is 596 g/mol. The van der Waals surface area contributed by atoms with Gasteiger partial charge < -0.3 is 10.1 Å². The van der Waals surface area contributed by atoms with Crippen molar-refractivity contribution in [3.8, 4) is 5.75 Å². The number of carbonyl (C=O) groups is 1. The van der Waals surface area contributed by atoms with Gasteiger partial charge in [-0.05, 0) is 80.1 Å². The fourth-order valence-electron chi connectivity index (χ4n) is 3.43. The molecule has 0 radical (unpaired) electrons. The molecule has 0 saturated heterocycles. The van der Waals surface area contributed by atoms with Crippen LogP contribution >= 0.6 is 15.9 Å². The highest BCUT2D eigenvalue weighted by Gasteiger charge is 2.28. The van der Waals surface area contributed by atoms with Crippen LogP contribution in [0.5, 0.6) is 5.75 Å². The van der Waals surface area contributed by atoms with Gasteiger partial charge in [0.05, 0.1) is 28.1 Å². The maximum absolute atomic E-state index is 13.5. The fraction of sp³-hybridized carbons (Fsp3) is 0.240. The Bertz CT molecular complexity index is 1410. The van der Waals surface area contributed by atoms with Gasteiger partial charge in [0.15, 0.2) is 9.84 Å². The lowest BCUT2D eigenvalue weighted by Crippen LogP contribution is -2.41. The highest BCUT2D eigenvalue weighted by molar-refractivity contribution is 9.10. The molecule has 3 rings (SSSR count). The highest BCUT2D eigenvalue weighted by Crippen LogP contribution is 2.27. The minimum atomic E-state index is -4.07. The van der Waals surface area contributed by atoms with Crippen molar-refractivity contribution in [1.82, 2.24) is 5.32 Å². The molecule has 0 aliphatic rings. The Balaban J connectivity index is 1.86. The second-order valence-electron chi connectivity index (χ2n) is 8.02. The van der Waals surface area contributed by atoms with Crippen LogP contribution in [0.1, 0.15) is 25.5 Å². The van der Waals surface area contributed by atoms with Gasteiger partial charge in [0.1, 0.15) is 12.3 Å². The van der Waals surface area contributed by atoms with Crippen LogP contribution in [-0.2, 0) is 24.7 Å². The standard InChI is InChI=1S/C25H27BrN2O6S2/c1-4-34-22-11-9-21(10-12-22)28(36(32,33)24-15-7-20(26)8-16-24)17-25(29)27-18(2)19-5-13-23(14-6-19)35(3,30)31/h5-16,18H,4,17H2,1-3H3,(H,27,29)/t18-/m1/s1. The van der Waals surface area contributed by atoms with Crippen molar-refractivity contribution < 1.29 is 26.4 Å². The summed E-state index contributed by atoms with van der Waals surface area (Å²) in [4.78, 5) is 13.2. The molecule has 1 amide bonds. The van der Waals surface area contributed by atoms with Crippen LogP contribution in [0.15, 0.2) is 87.1 Å². The lowest BCUT2D eigenvalue weighted by molar-refractivity contribution is -0.120. The second kappa shape index (κ2) is 11.4. The number of benzene rings is 3. The van der Waals surface area contributed by atoms with Gasteiger partial charge in [0.2, 0.25) is 5.91 Å². The van der Waals surface area contributed by atoms with Crippen LogP contribution in [0, 0.1) is 0 Å². The third-order valence-corrected chi connectivity index (χ3v) is 8.76. The van der Waals surface area contributed by atoms with Crippen LogP contribution in [0.3, 0.4) is 0 Å². The Hall–Kier alpha value is -2.89. The first-order chi connectivity index (χ1) is 16.9. The fourth-order valence-corrected chi connectivity index (χ4v) is 5.74. The zero-order chi connectivity index (χ0) is 26.5. The number of hydrogen-bond acceptors (Lipinski definition) is 6. The Morgan fingerprint density at radius 2 is 1.47 bits per heavy atom. The molecule has 11 heteroatoms. The van der Waals surface area contributed by atoms with E-state index in [0.717, 1.165) is 15.0 Å². The SMILES string of the molecule is CCOc1ccc(N(CC(=O)N[C@H](C)c2ccc(S(C)(=O)=O)cc2)S(=O)(=O)c2ccc(Br)cc2)cc1. The van der Waals surface area contributed by atoms with Crippen LogP contribution in [0.2, 0.25) is 0 Å². The Labute approximate surface area is 220 Å². The zero-order valence-corrected chi connectivity index (χ0v) is 23.2. The third-order valence-electron chi connectivity index (χ3n) is 5.31. The Kier molecular flexibility index (Phi) is 8.80. The van der Waals surface area contributed by atoms with Gasteiger partial charge in [-0.3, -0.25) is 9.10 Å². The van der Waals surface area contributed by atoms with Gasteiger partial charge in [-0.2, -0.15) is 0 Å². The van der Waals surface area contributed by atoms with Crippen molar-refractivity contribution >= 4 is 47.4 Å². The summed E-state index contributed by atoms with van der Waals surface area (Å²) in [5, 5.41) is 2.79. The van der Waals surface area contributed by atoms with E-state index in [1.54, 1.807) is 55.5 Å². The monoisotopic (exact) mass is 594 g/mol. The molecule has 0 heterocycles. The number of rotatable bonds is 10. The zero-order valence-electron chi connectivity index (χ0n) is 20.0. The van der Waals surface area contributed by atoms with E-state index in [1.165, 1.54) is 24.3 Å². The summed E-state index contributed by atoms with van der Waals surface area (Å²) < 4.78 is 57.6. The van der Waals surface area contributed by atoms with E-state index >= 15 is 0 Å². The number of hydrogen-bond donors (Lipinski definition) is 1. The number of nitrogens with one attached hydrogen (secondary N) is 1. The molecule has 1 N–H and O–H groups in total. The molecule has 8 nitrogen and oxygen atoms in total. The first-order valence-corrected chi connectivity index (χ1v) is 15.1. The van der Waals surface area contributed by atoms with Gasteiger partial charge in [-0.1, -0.05) is 28.1 Å². The first-order valence-electron chi connectivity index (χ1n) is 11.0. The van der Waals surface area contributed by atoms with Gasteiger partial charge in [-0.15, -0.1) is 0 Å². The van der Waals surface area contributed by atoms with Gasteiger partial charge in [0, 0.05) is 10.7 Å². The summed E-state index contributed by atoms with van der Waals surface area (Å²) in [5.41, 5.74) is 0.987. The molecule has 36 heavy (non-hydrogen) atoms. The summed E-state index contributed by atoms with van der Waals surface area (Å²) in [5.74, 6) is 0.0575. The normalized spacial score (nSPS) is 12.6. The summed E-state index contributed by atoms with van der Waals surface area (Å²) >= 11 is 3.30. The molecule has 1 atom stereocenters. The predicted molar refractivity (Wildman–Crippen MR) is 142 cm³/mol. The highest BCUT2D eigenvalue weighted by atomic mass is 79.9. The Morgan fingerprint density at radius 1 is 0.917 bits per heavy atom. The number of sulfonamides is 1. The summed E-state index contributed by atoms with van der Waals surface area (Å²) in [6.07, 6.45) is 1.12. The molecule has 3 aromatic rings. The van der Waals surface area contributed by atoms with E-state index in [4.69, 9.17) is 4.74 Å². The third kappa shape index (κ3) is 6.86. The number of halogens is 1. The second-order valence-corrected chi connectivity index (χ2v) is 12.8. The molecule has 0 fully saturated rings. The number of ether oxygens (including phenoxy) is 1. The van der Waals surface area contributed by atoms with Crippen molar-refractivity contribution in [2.24, 2.45) is 0 Å². The van der Waals surface area contributed by atoms with Crippen molar-refractivity contribution in [2.75, 3.05) is 23.7 Å². The molecule has 0 saturated carbocycles. The minimum Gasteiger partial charge on any atom is -0.494 e. The van der Waals surface area contributed by atoms with Crippen molar-refractivity contribution in [1.29, 1.82) is 0 Å². The van der Waals surface area contributed by atoms with Crippen LogP contribution in [0.4, 0.5) is 5.69 Å². The minimum absolute atomic E-state index is 0.0387. The van der Waals surface area contributed by atoms with Gasteiger partial charge in [0.25, 0.3) is 10.0 Å². The predicted octanol–water partition coefficient (Wildman–Crippen LogP) is 4.32. The van der Waals surface area contributed by atoms with E-state index in [9.17, 15) is 21.6 Å². The molecule has 0 spiro atoms. The largest absolute Gasteiger partial charge is 0.494 e. The van der Waals surface area contributed by atoms with Crippen LogP contribution in [0.25, 0.3) is 0 Å². The van der Waals surface area contributed by atoms with E-state index in [2.05, 4.69) is 21.2 Å². The molecule has 0 aromatic heterocycles. The van der Waals surface area contributed by atoms with Crippen molar-refractivity contribution in [3.05, 3.63) is 82.8 Å². The van der Waals surface area contributed by atoms with E-state index < -0.39 is 38.4 Å². The smallest absolute Gasteiger partial charge is 0.264 e. The summed E-state index contributed by atoms with van der Waals surface area (Å²) in [7, 11) is -7.41. The number of nitrogens with zero attached hydrogens (tertiary/aromatic N) is 1. The Morgan fingerprint density at radius 3 is 2.00 bits per heavy atom. The molecular formula is C25H27BrN2O6S2. The van der Waals surface area contributed by atoms with Gasteiger partial charge >= 0.3 is 0 Å². The number of anilines is 1. The maximum atomic E-state index is 13.5. The lowest BCUT2D eigenvalue weighted by atomic mass is 10.1. The summed E-state index contributed by atoms with van der Waals surface area (Å²) in [6, 6.07) is 18.3. The van der Waals surface area contributed by atoms with Crippen molar-refractivity contribution in [3.63, 3.8) is 0 Å². The number of sulfone groups is 1. The quantitative estimate of drug-likeness (QED) is 0.374. The average Bonchev–Trinajstić information content (AvgIpc) is 2.83. The van der Waals surface area contributed by atoms with Crippen LogP contribution in [-0.4, -0.2) is 42.2 Å².